The first kappa shape index (κ1) is 17.9. The Labute approximate surface area is 152 Å². The van der Waals surface area contributed by atoms with Crippen LogP contribution in [-0.2, 0) is 16.1 Å². The molecule has 0 saturated carbocycles. The van der Waals surface area contributed by atoms with Crippen LogP contribution in [0.4, 0.5) is 11.5 Å². The quantitative estimate of drug-likeness (QED) is 0.682. The van der Waals surface area contributed by atoms with Gasteiger partial charge in [0.25, 0.3) is 0 Å². The summed E-state index contributed by atoms with van der Waals surface area (Å²) in [5.74, 6) is 0.611. The van der Waals surface area contributed by atoms with E-state index in [0.717, 1.165) is 22.5 Å². The molecule has 2 aromatic heterocycles. The van der Waals surface area contributed by atoms with Crippen LogP contribution in [0.2, 0.25) is 0 Å². The molecule has 0 aliphatic carbocycles. The lowest BCUT2D eigenvalue weighted by atomic mass is 10.1. The van der Waals surface area contributed by atoms with E-state index in [4.69, 9.17) is 4.74 Å². The number of methoxy groups -OCH3 is 1. The van der Waals surface area contributed by atoms with E-state index in [1.165, 1.54) is 18.2 Å². The maximum absolute atomic E-state index is 11.5. The highest BCUT2D eigenvalue weighted by Crippen LogP contribution is 2.25. The van der Waals surface area contributed by atoms with Crippen molar-refractivity contribution >= 4 is 28.4 Å². The fourth-order valence-corrected chi connectivity index (χ4v) is 2.76. The Balaban J connectivity index is 1.81. The van der Waals surface area contributed by atoms with Gasteiger partial charge in [-0.25, -0.2) is 9.97 Å². The highest BCUT2D eigenvalue weighted by Gasteiger charge is 2.10. The van der Waals surface area contributed by atoms with E-state index >= 15 is 0 Å². The predicted octanol–water partition coefficient (Wildman–Crippen LogP) is 2.55. The number of nitrogens with one attached hydrogen (secondary N) is 2. The third-order valence-electron chi connectivity index (χ3n) is 4.27. The number of amides is 1. The van der Waals surface area contributed by atoms with Gasteiger partial charge in [0, 0.05) is 32.1 Å². The smallest absolute Gasteiger partial charge is 0.246 e. The average Bonchev–Trinajstić information content (AvgIpc) is 3.03. The number of hydrogen-bond donors (Lipinski definition) is 2. The lowest BCUT2D eigenvalue weighted by molar-refractivity contribution is -0.124. The third kappa shape index (κ3) is 4.00. The molecule has 0 spiro atoms. The molecule has 1 amide bonds. The zero-order valence-corrected chi connectivity index (χ0v) is 15.2. The molecule has 0 aliphatic heterocycles. The van der Waals surface area contributed by atoms with Crippen molar-refractivity contribution in [2.45, 2.75) is 20.4 Å². The molecule has 7 nitrogen and oxygen atoms in total. The van der Waals surface area contributed by atoms with Crippen LogP contribution in [-0.4, -0.2) is 40.7 Å². The Hall–Kier alpha value is -2.93. The first-order valence-corrected chi connectivity index (χ1v) is 8.48. The van der Waals surface area contributed by atoms with Crippen LogP contribution in [0.1, 0.15) is 11.1 Å². The van der Waals surface area contributed by atoms with Crippen LogP contribution in [0.5, 0.6) is 0 Å². The minimum Gasteiger partial charge on any atom is -0.375 e. The summed E-state index contributed by atoms with van der Waals surface area (Å²) in [7, 11) is 1.50. The first-order chi connectivity index (χ1) is 12.6. The Morgan fingerprint density at radius 1 is 1.19 bits per heavy atom. The van der Waals surface area contributed by atoms with Crippen molar-refractivity contribution in [1.82, 2.24) is 19.9 Å². The molecular weight excluding hydrogens is 330 g/mol. The fraction of sp³-hybridized carbons (Fsp3) is 0.316. The van der Waals surface area contributed by atoms with Crippen LogP contribution >= 0.6 is 0 Å². The average molecular weight is 353 g/mol. The topological polar surface area (TPSA) is 81.1 Å². The van der Waals surface area contributed by atoms with Crippen LogP contribution in [0.15, 0.2) is 36.8 Å². The summed E-state index contributed by atoms with van der Waals surface area (Å²) in [6.45, 7) is 5.36. The molecular formula is C19H23N5O2. The summed E-state index contributed by atoms with van der Waals surface area (Å²) in [6, 6.07) is 8.16. The van der Waals surface area contributed by atoms with E-state index in [-0.39, 0.29) is 12.5 Å². The van der Waals surface area contributed by atoms with Crippen molar-refractivity contribution < 1.29 is 9.53 Å². The second-order valence-corrected chi connectivity index (χ2v) is 6.17. The number of anilines is 2. The maximum atomic E-state index is 11.5. The number of nitrogens with zero attached hydrogens (tertiary/aromatic N) is 3. The van der Waals surface area contributed by atoms with Gasteiger partial charge in [-0.05, 0) is 43.2 Å². The molecule has 0 radical (unpaired) electrons. The molecule has 2 N–H and O–H groups in total. The molecule has 0 bridgehead atoms. The van der Waals surface area contributed by atoms with Gasteiger partial charge in [0.2, 0.25) is 5.91 Å². The van der Waals surface area contributed by atoms with Crippen LogP contribution in [0.3, 0.4) is 0 Å². The van der Waals surface area contributed by atoms with Crippen molar-refractivity contribution in [1.29, 1.82) is 0 Å². The summed E-state index contributed by atoms with van der Waals surface area (Å²) in [4.78, 5) is 20.3. The summed E-state index contributed by atoms with van der Waals surface area (Å²) < 4.78 is 6.85. The normalized spacial score (nSPS) is 10.9. The summed E-state index contributed by atoms with van der Waals surface area (Å²) >= 11 is 0. The van der Waals surface area contributed by atoms with Crippen molar-refractivity contribution in [2.24, 2.45) is 0 Å². The lowest BCUT2D eigenvalue weighted by Crippen LogP contribution is -2.30. The summed E-state index contributed by atoms with van der Waals surface area (Å²) in [5.41, 5.74) is 5.21. The molecule has 0 unspecified atom stereocenters. The molecule has 3 rings (SSSR count). The first-order valence-electron chi connectivity index (χ1n) is 8.48. The molecule has 7 heteroatoms. The number of aromatic nitrogens is 3. The van der Waals surface area contributed by atoms with Crippen molar-refractivity contribution in [3.8, 4) is 0 Å². The Bertz CT molecular complexity index is 919. The number of carbonyl (C=O) groups excluding carboxylic acids is 1. The minimum atomic E-state index is -0.131. The zero-order valence-electron chi connectivity index (χ0n) is 15.2. The largest absolute Gasteiger partial charge is 0.375 e. The maximum Gasteiger partial charge on any atom is 0.246 e. The highest BCUT2D eigenvalue weighted by atomic mass is 16.5. The van der Waals surface area contributed by atoms with E-state index < -0.39 is 0 Å². The van der Waals surface area contributed by atoms with Gasteiger partial charge in [-0.3, -0.25) is 4.79 Å². The number of ether oxygens (including phenoxy) is 1. The standard InChI is InChI=1S/C19H23N5O2/c1-13-4-5-15(10-14(13)2)23-19-18-16(21-12-22-19)6-8-24(18)9-7-20-17(25)11-26-3/h4-6,8,10,12H,7,9,11H2,1-3H3,(H,20,25)(H,21,22,23). The van der Waals surface area contributed by atoms with Crippen molar-refractivity contribution in [2.75, 3.05) is 25.6 Å². The number of carbonyl (C=O) groups is 1. The monoisotopic (exact) mass is 353 g/mol. The van der Waals surface area contributed by atoms with E-state index in [2.05, 4.69) is 46.6 Å². The van der Waals surface area contributed by atoms with Crippen molar-refractivity contribution in [3.05, 3.63) is 47.9 Å². The van der Waals surface area contributed by atoms with E-state index in [9.17, 15) is 4.79 Å². The third-order valence-corrected chi connectivity index (χ3v) is 4.27. The number of benzene rings is 1. The van der Waals surface area contributed by atoms with Gasteiger partial charge in [0.05, 0.1) is 5.52 Å². The van der Waals surface area contributed by atoms with Gasteiger partial charge >= 0.3 is 0 Å². The highest BCUT2D eigenvalue weighted by molar-refractivity contribution is 5.88. The molecule has 0 saturated heterocycles. The van der Waals surface area contributed by atoms with E-state index in [0.29, 0.717) is 13.1 Å². The molecule has 2 heterocycles. The number of fused-ring (bicyclic) bond motifs is 1. The van der Waals surface area contributed by atoms with Gasteiger partial charge in [-0.2, -0.15) is 0 Å². The molecule has 136 valence electrons. The SMILES string of the molecule is COCC(=O)NCCn1ccc2ncnc(Nc3ccc(C)c(C)c3)c21. The lowest BCUT2D eigenvalue weighted by Gasteiger charge is -2.12. The van der Waals surface area contributed by atoms with Crippen molar-refractivity contribution in [3.63, 3.8) is 0 Å². The second-order valence-electron chi connectivity index (χ2n) is 6.17. The molecule has 1 aromatic carbocycles. The fourth-order valence-electron chi connectivity index (χ4n) is 2.76. The Morgan fingerprint density at radius 2 is 2.04 bits per heavy atom. The number of aryl methyl sites for hydroxylation is 2. The molecule has 0 aliphatic rings. The Kier molecular flexibility index (Phi) is 5.48. The second kappa shape index (κ2) is 7.97. The van der Waals surface area contributed by atoms with Gasteiger partial charge in [-0.15, -0.1) is 0 Å². The zero-order chi connectivity index (χ0) is 18.5. The summed E-state index contributed by atoms with van der Waals surface area (Å²) in [5, 5.41) is 6.21. The van der Waals surface area contributed by atoms with Crippen LogP contribution in [0.25, 0.3) is 11.0 Å². The number of hydrogen-bond acceptors (Lipinski definition) is 5. The Morgan fingerprint density at radius 3 is 2.81 bits per heavy atom. The number of rotatable bonds is 7. The predicted molar refractivity (Wildman–Crippen MR) is 102 cm³/mol. The van der Waals surface area contributed by atoms with Crippen LogP contribution < -0.4 is 10.6 Å². The van der Waals surface area contributed by atoms with E-state index in [1.54, 1.807) is 6.33 Å². The molecule has 3 aromatic rings. The van der Waals surface area contributed by atoms with Gasteiger partial charge in [0.15, 0.2) is 5.82 Å². The summed E-state index contributed by atoms with van der Waals surface area (Å²) in [6.07, 6.45) is 3.50. The van der Waals surface area contributed by atoms with Gasteiger partial charge in [-0.1, -0.05) is 6.07 Å². The van der Waals surface area contributed by atoms with Gasteiger partial charge < -0.3 is 19.9 Å². The molecule has 0 atom stereocenters. The van der Waals surface area contributed by atoms with Gasteiger partial charge in [0.1, 0.15) is 18.5 Å². The molecule has 26 heavy (non-hydrogen) atoms. The van der Waals surface area contributed by atoms with Crippen LogP contribution in [0, 0.1) is 13.8 Å². The molecule has 0 fully saturated rings. The minimum absolute atomic E-state index is 0.0646. The van der Waals surface area contributed by atoms with E-state index in [1.807, 2.05) is 22.9 Å².